The first kappa shape index (κ1) is 13.1. The van der Waals surface area contributed by atoms with Gasteiger partial charge in [0, 0.05) is 5.69 Å². The zero-order valence-corrected chi connectivity index (χ0v) is 10.6. The molecule has 0 unspecified atom stereocenters. The maximum absolute atomic E-state index is 12.1. The molecule has 0 aliphatic heterocycles. The molecule has 0 saturated heterocycles. The average Bonchev–Trinajstić information content (AvgIpc) is 2.41. The van der Waals surface area contributed by atoms with Crippen LogP contribution in [-0.4, -0.2) is 16.1 Å². The highest BCUT2D eigenvalue weighted by Crippen LogP contribution is 2.21. The largest absolute Gasteiger partial charge is 0.507 e. The van der Waals surface area contributed by atoms with Gasteiger partial charge in [-0.1, -0.05) is 24.3 Å². The van der Waals surface area contributed by atoms with Crippen LogP contribution in [0.15, 0.2) is 42.5 Å². The number of nitrogens with one attached hydrogen (secondary N) is 1. The Morgan fingerprint density at radius 1 is 1.21 bits per heavy atom. The molecule has 0 saturated carbocycles. The summed E-state index contributed by atoms with van der Waals surface area (Å²) in [4.78, 5) is 12.1. The summed E-state index contributed by atoms with van der Waals surface area (Å²) in [6, 6.07) is 11.7. The minimum absolute atomic E-state index is 0.0593. The van der Waals surface area contributed by atoms with E-state index in [0.29, 0.717) is 5.69 Å². The van der Waals surface area contributed by atoms with Gasteiger partial charge in [-0.05, 0) is 36.2 Å². The predicted octanol–water partition coefficient (Wildman–Crippen LogP) is 2.45. The van der Waals surface area contributed by atoms with E-state index in [0.717, 1.165) is 11.1 Å². The van der Waals surface area contributed by atoms with E-state index in [-0.39, 0.29) is 23.8 Å². The molecule has 2 rings (SSSR count). The molecular formula is C15H15NO3. The molecule has 0 bridgehead atoms. The van der Waals surface area contributed by atoms with E-state index in [9.17, 15) is 9.90 Å². The number of aliphatic hydroxyl groups excluding tert-OH is 1. The Balaban J connectivity index is 2.26. The normalized spacial score (nSPS) is 10.2. The molecule has 2 aromatic carbocycles. The van der Waals surface area contributed by atoms with Crippen LogP contribution in [0.3, 0.4) is 0 Å². The fourth-order valence-corrected chi connectivity index (χ4v) is 1.76. The molecule has 0 aliphatic rings. The molecule has 0 radical (unpaired) electrons. The fraction of sp³-hybridized carbons (Fsp3) is 0.133. The number of aromatic hydroxyl groups is 1. The lowest BCUT2D eigenvalue weighted by Gasteiger charge is -2.10. The van der Waals surface area contributed by atoms with Crippen molar-refractivity contribution in [1.29, 1.82) is 0 Å². The van der Waals surface area contributed by atoms with E-state index < -0.39 is 0 Å². The van der Waals surface area contributed by atoms with Crippen LogP contribution in [0, 0.1) is 6.92 Å². The minimum Gasteiger partial charge on any atom is -0.507 e. The third-order valence-corrected chi connectivity index (χ3v) is 2.88. The Hall–Kier alpha value is -2.33. The molecule has 1 amide bonds. The van der Waals surface area contributed by atoms with Crippen molar-refractivity contribution in [3.63, 3.8) is 0 Å². The molecule has 98 valence electrons. The molecular weight excluding hydrogens is 242 g/mol. The van der Waals surface area contributed by atoms with Gasteiger partial charge in [-0.15, -0.1) is 0 Å². The van der Waals surface area contributed by atoms with Gasteiger partial charge in [0.2, 0.25) is 0 Å². The van der Waals surface area contributed by atoms with Gasteiger partial charge in [-0.2, -0.15) is 0 Å². The highest BCUT2D eigenvalue weighted by Gasteiger charge is 2.11. The number of rotatable bonds is 3. The van der Waals surface area contributed by atoms with E-state index in [1.807, 2.05) is 13.0 Å². The Morgan fingerprint density at radius 2 is 1.95 bits per heavy atom. The van der Waals surface area contributed by atoms with E-state index >= 15 is 0 Å². The van der Waals surface area contributed by atoms with Gasteiger partial charge in [-0.3, -0.25) is 4.79 Å². The smallest absolute Gasteiger partial charge is 0.259 e. The second-order valence-corrected chi connectivity index (χ2v) is 4.28. The molecule has 0 fully saturated rings. The van der Waals surface area contributed by atoms with E-state index in [1.165, 1.54) is 6.07 Å². The number of aryl methyl sites for hydroxylation is 1. The monoisotopic (exact) mass is 257 g/mol. The quantitative estimate of drug-likeness (QED) is 0.791. The molecule has 0 aliphatic carbocycles. The number of phenolic OH excluding ortho intramolecular Hbond substituents is 1. The lowest BCUT2D eigenvalue weighted by Crippen LogP contribution is -2.13. The van der Waals surface area contributed by atoms with Crippen molar-refractivity contribution in [2.75, 3.05) is 5.32 Å². The number of aliphatic hydroxyl groups is 1. The summed E-state index contributed by atoms with van der Waals surface area (Å²) >= 11 is 0. The molecule has 0 spiro atoms. The van der Waals surface area contributed by atoms with Crippen molar-refractivity contribution in [3.05, 3.63) is 59.2 Å². The molecule has 4 nitrogen and oxygen atoms in total. The molecule has 0 atom stereocenters. The van der Waals surface area contributed by atoms with Crippen molar-refractivity contribution >= 4 is 11.6 Å². The number of carbonyl (C=O) groups excluding carboxylic acids is 1. The maximum atomic E-state index is 12.1. The molecule has 19 heavy (non-hydrogen) atoms. The van der Waals surface area contributed by atoms with Crippen molar-refractivity contribution in [1.82, 2.24) is 0 Å². The Bertz CT molecular complexity index is 608. The zero-order chi connectivity index (χ0) is 13.8. The van der Waals surface area contributed by atoms with E-state index in [4.69, 9.17) is 5.11 Å². The number of carbonyl (C=O) groups is 1. The lowest BCUT2D eigenvalue weighted by atomic mass is 10.1. The number of phenols is 1. The molecule has 2 aromatic rings. The highest BCUT2D eigenvalue weighted by atomic mass is 16.3. The van der Waals surface area contributed by atoms with E-state index in [1.54, 1.807) is 30.3 Å². The van der Waals surface area contributed by atoms with Gasteiger partial charge in [0.1, 0.15) is 5.75 Å². The number of amides is 1. The fourth-order valence-electron chi connectivity index (χ4n) is 1.76. The molecule has 0 heterocycles. The molecule has 4 heteroatoms. The topological polar surface area (TPSA) is 69.6 Å². The van der Waals surface area contributed by atoms with Crippen LogP contribution < -0.4 is 5.32 Å². The van der Waals surface area contributed by atoms with Crippen LogP contribution in [0.5, 0.6) is 5.75 Å². The van der Waals surface area contributed by atoms with Crippen molar-refractivity contribution in [3.8, 4) is 5.75 Å². The SMILES string of the molecule is Cc1ccc(CO)cc1NC(=O)c1ccccc1O. The maximum Gasteiger partial charge on any atom is 0.259 e. The second kappa shape index (κ2) is 5.54. The first-order valence-corrected chi connectivity index (χ1v) is 5.91. The van der Waals surface area contributed by atoms with Crippen LogP contribution in [0.25, 0.3) is 0 Å². The summed E-state index contributed by atoms with van der Waals surface area (Å²) in [5.74, 6) is -0.438. The van der Waals surface area contributed by atoms with Gasteiger partial charge in [0.25, 0.3) is 5.91 Å². The Kier molecular flexibility index (Phi) is 3.82. The van der Waals surface area contributed by atoms with Gasteiger partial charge in [0.05, 0.1) is 12.2 Å². The van der Waals surface area contributed by atoms with Gasteiger partial charge >= 0.3 is 0 Å². The number of benzene rings is 2. The molecule has 0 aromatic heterocycles. The number of hydrogen-bond donors (Lipinski definition) is 3. The zero-order valence-electron chi connectivity index (χ0n) is 10.6. The van der Waals surface area contributed by atoms with Crippen molar-refractivity contribution < 1.29 is 15.0 Å². The lowest BCUT2D eigenvalue weighted by molar-refractivity contribution is 0.102. The summed E-state index contributed by atoms with van der Waals surface area (Å²) in [6.07, 6.45) is 0. The van der Waals surface area contributed by atoms with Crippen molar-refractivity contribution in [2.45, 2.75) is 13.5 Å². The van der Waals surface area contributed by atoms with Crippen LogP contribution in [0.2, 0.25) is 0 Å². The summed E-state index contributed by atoms with van der Waals surface area (Å²) in [5, 5.41) is 21.5. The minimum atomic E-state index is -0.378. The van der Waals surface area contributed by atoms with Crippen LogP contribution in [0.1, 0.15) is 21.5 Å². The third-order valence-electron chi connectivity index (χ3n) is 2.88. The summed E-state index contributed by atoms with van der Waals surface area (Å²) < 4.78 is 0. The summed E-state index contributed by atoms with van der Waals surface area (Å²) in [6.45, 7) is 1.78. The van der Waals surface area contributed by atoms with E-state index in [2.05, 4.69) is 5.32 Å². The van der Waals surface area contributed by atoms with Crippen LogP contribution in [0.4, 0.5) is 5.69 Å². The summed E-state index contributed by atoms with van der Waals surface area (Å²) in [5.41, 5.74) is 2.45. The van der Waals surface area contributed by atoms with Gasteiger partial charge in [-0.25, -0.2) is 0 Å². The third kappa shape index (κ3) is 2.92. The standard InChI is InChI=1S/C15H15NO3/c1-10-6-7-11(9-17)8-13(10)16-15(19)12-4-2-3-5-14(12)18/h2-8,17-18H,9H2,1H3,(H,16,19). The van der Waals surface area contributed by atoms with Crippen molar-refractivity contribution in [2.24, 2.45) is 0 Å². The summed E-state index contributed by atoms with van der Waals surface area (Å²) in [7, 11) is 0. The predicted molar refractivity (Wildman–Crippen MR) is 73.2 cm³/mol. The number of hydrogen-bond acceptors (Lipinski definition) is 3. The second-order valence-electron chi connectivity index (χ2n) is 4.28. The van der Waals surface area contributed by atoms with Crippen LogP contribution in [-0.2, 0) is 6.61 Å². The number of anilines is 1. The van der Waals surface area contributed by atoms with Gasteiger partial charge < -0.3 is 15.5 Å². The van der Waals surface area contributed by atoms with Crippen LogP contribution >= 0.6 is 0 Å². The first-order valence-electron chi connectivity index (χ1n) is 5.91. The Morgan fingerprint density at radius 3 is 2.63 bits per heavy atom. The van der Waals surface area contributed by atoms with Gasteiger partial charge in [0.15, 0.2) is 0 Å². The molecule has 3 N–H and O–H groups in total. The average molecular weight is 257 g/mol. The highest BCUT2D eigenvalue weighted by molar-refractivity contribution is 6.06. The number of para-hydroxylation sites is 1. The first-order chi connectivity index (χ1) is 9.11. The Labute approximate surface area is 111 Å².